The minimum atomic E-state index is -0.265. The first kappa shape index (κ1) is 13.5. The van der Waals surface area contributed by atoms with E-state index in [-0.39, 0.29) is 11.9 Å². The molecule has 100 valence electrons. The molecule has 4 unspecified atom stereocenters. The summed E-state index contributed by atoms with van der Waals surface area (Å²) in [5.41, 5.74) is 0.964. The molecule has 0 bridgehead atoms. The van der Waals surface area contributed by atoms with Gasteiger partial charge in [0.2, 0.25) is 0 Å². The Bertz CT molecular complexity index is 377. The lowest BCUT2D eigenvalue weighted by Crippen LogP contribution is -2.32. The van der Waals surface area contributed by atoms with Crippen molar-refractivity contribution in [3.8, 4) is 0 Å². The second-order valence-corrected chi connectivity index (χ2v) is 5.70. The van der Waals surface area contributed by atoms with Gasteiger partial charge in [0, 0.05) is 0 Å². The van der Waals surface area contributed by atoms with Crippen molar-refractivity contribution in [1.82, 2.24) is 10.3 Å². The molecule has 0 amide bonds. The average molecular weight is 250 g/mol. The van der Waals surface area contributed by atoms with Crippen molar-refractivity contribution in [1.29, 1.82) is 0 Å². The zero-order valence-electron chi connectivity index (χ0n) is 11.5. The summed E-state index contributed by atoms with van der Waals surface area (Å²) in [5, 5.41) is 3.36. The molecule has 0 aromatic carbocycles. The Morgan fingerprint density at radius 1 is 1.28 bits per heavy atom. The van der Waals surface area contributed by atoms with E-state index in [9.17, 15) is 4.39 Å². The fourth-order valence-corrected chi connectivity index (χ4v) is 3.09. The SMILES string of the molecule is CNC(c1ccc(F)cn1)C1CCC(C)C(C)C1. The summed E-state index contributed by atoms with van der Waals surface area (Å²) in [4.78, 5) is 4.23. The molecule has 18 heavy (non-hydrogen) atoms. The molecule has 0 aliphatic heterocycles. The largest absolute Gasteiger partial charge is 0.311 e. The highest BCUT2D eigenvalue weighted by Crippen LogP contribution is 2.39. The summed E-state index contributed by atoms with van der Waals surface area (Å²) in [6.07, 6.45) is 5.06. The van der Waals surface area contributed by atoms with Crippen molar-refractivity contribution in [3.63, 3.8) is 0 Å². The standard InChI is InChI=1S/C15H23FN2/c1-10-4-5-12(8-11(10)2)15(17-3)14-7-6-13(16)9-18-14/h6-7,9-12,15,17H,4-5,8H2,1-3H3. The van der Waals surface area contributed by atoms with Gasteiger partial charge in [-0.2, -0.15) is 0 Å². The smallest absolute Gasteiger partial charge is 0.141 e. The fourth-order valence-electron chi connectivity index (χ4n) is 3.09. The lowest BCUT2D eigenvalue weighted by atomic mass is 9.72. The van der Waals surface area contributed by atoms with Crippen LogP contribution in [0, 0.1) is 23.6 Å². The predicted molar refractivity (Wildman–Crippen MR) is 71.7 cm³/mol. The third-order valence-electron chi connectivity index (χ3n) is 4.49. The Morgan fingerprint density at radius 3 is 2.61 bits per heavy atom. The van der Waals surface area contributed by atoms with Crippen LogP contribution < -0.4 is 5.32 Å². The van der Waals surface area contributed by atoms with E-state index in [2.05, 4.69) is 24.1 Å². The second-order valence-electron chi connectivity index (χ2n) is 5.70. The summed E-state index contributed by atoms with van der Waals surface area (Å²) in [5.74, 6) is 1.93. The Morgan fingerprint density at radius 2 is 2.06 bits per heavy atom. The normalized spacial score (nSPS) is 30.1. The third kappa shape index (κ3) is 2.89. The molecule has 3 heteroatoms. The topological polar surface area (TPSA) is 24.9 Å². The highest BCUT2D eigenvalue weighted by atomic mass is 19.1. The van der Waals surface area contributed by atoms with Crippen molar-refractivity contribution in [3.05, 3.63) is 29.8 Å². The van der Waals surface area contributed by atoms with Gasteiger partial charge in [-0.1, -0.05) is 20.3 Å². The Kier molecular flexibility index (Phi) is 4.33. The monoisotopic (exact) mass is 250 g/mol. The summed E-state index contributed by atoms with van der Waals surface area (Å²) in [6, 6.07) is 3.56. The van der Waals surface area contributed by atoms with Gasteiger partial charge in [-0.3, -0.25) is 4.98 Å². The van der Waals surface area contributed by atoms with Gasteiger partial charge in [0.05, 0.1) is 17.9 Å². The molecule has 2 nitrogen and oxygen atoms in total. The number of nitrogens with zero attached hydrogens (tertiary/aromatic N) is 1. The van der Waals surface area contributed by atoms with E-state index >= 15 is 0 Å². The first-order valence-electron chi connectivity index (χ1n) is 6.90. The zero-order chi connectivity index (χ0) is 13.1. The molecular formula is C15H23FN2. The molecule has 1 aliphatic carbocycles. The number of hydrogen-bond acceptors (Lipinski definition) is 2. The highest BCUT2D eigenvalue weighted by Gasteiger charge is 2.30. The minimum Gasteiger partial charge on any atom is -0.311 e. The molecule has 1 aliphatic rings. The molecule has 1 heterocycles. The van der Waals surface area contributed by atoms with E-state index in [0.717, 1.165) is 17.5 Å². The van der Waals surface area contributed by atoms with Crippen LogP contribution in [0.2, 0.25) is 0 Å². The zero-order valence-corrected chi connectivity index (χ0v) is 11.5. The van der Waals surface area contributed by atoms with Crippen LogP contribution in [0.5, 0.6) is 0 Å². The molecule has 4 atom stereocenters. The lowest BCUT2D eigenvalue weighted by Gasteiger charge is -2.36. The van der Waals surface area contributed by atoms with E-state index in [1.807, 2.05) is 7.05 Å². The van der Waals surface area contributed by atoms with Gasteiger partial charge in [0.25, 0.3) is 0 Å². The number of halogens is 1. The highest BCUT2D eigenvalue weighted by molar-refractivity contribution is 5.11. The van der Waals surface area contributed by atoms with E-state index in [0.29, 0.717) is 5.92 Å². The summed E-state index contributed by atoms with van der Waals surface area (Å²) < 4.78 is 12.9. The van der Waals surface area contributed by atoms with Crippen molar-refractivity contribution in [2.45, 2.75) is 39.2 Å². The molecule has 0 radical (unpaired) electrons. The maximum Gasteiger partial charge on any atom is 0.141 e. The van der Waals surface area contributed by atoms with Crippen LogP contribution in [-0.4, -0.2) is 12.0 Å². The summed E-state index contributed by atoms with van der Waals surface area (Å²) in [7, 11) is 1.97. The molecule has 0 spiro atoms. The Balaban J connectivity index is 2.11. The van der Waals surface area contributed by atoms with E-state index < -0.39 is 0 Å². The van der Waals surface area contributed by atoms with Gasteiger partial charge >= 0.3 is 0 Å². The summed E-state index contributed by atoms with van der Waals surface area (Å²) >= 11 is 0. The van der Waals surface area contributed by atoms with Crippen molar-refractivity contribution < 1.29 is 4.39 Å². The molecule has 1 N–H and O–H groups in total. The van der Waals surface area contributed by atoms with Crippen LogP contribution in [-0.2, 0) is 0 Å². The minimum absolute atomic E-state index is 0.251. The third-order valence-corrected chi connectivity index (χ3v) is 4.49. The van der Waals surface area contributed by atoms with Crippen LogP contribution in [0.1, 0.15) is 44.8 Å². The van der Waals surface area contributed by atoms with Gasteiger partial charge in [0.1, 0.15) is 5.82 Å². The summed E-state index contributed by atoms with van der Waals surface area (Å²) in [6.45, 7) is 4.67. The predicted octanol–water partition coefficient (Wildman–Crippen LogP) is 3.55. The van der Waals surface area contributed by atoms with E-state index in [1.54, 1.807) is 6.07 Å². The average Bonchev–Trinajstić information content (AvgIpc) is 2.37. The Hall–Kier alpha value is -0.960. The maximum atomic E-state index is 12.9. The van der Waals surface area contributed by atoms with Crippen molar-refractivity contribution in [2.24, 2.45) is 17.8 Å². The fraction of sp³-hybridized carbons (Fsp3) is 0.667. The number of hydrogen-bond donors (Lipinski definition) is 1. The van der Waals surface area contributed by atoms with Gasteiger partial charge in [-0.25, -0.2) is 4.39 Å². The molecule has 1 aromatic heterocycles. The number of rotatable bonds is 3. The first-order valence-corrected chi connectivity index (χ1v) is 6.90. The molecule has 1 saturated carbocycles. The molecular weight excluding hydrogens is 227 g/mol. The quantitative estimate of drug-likeness (QED) is 0.887. The Labute approximate surface area is 109 Å². The lowest BCUT2D eigenvalue weighted by molar-refractivity contribution is 0.173. The van der Waals surface area contributed by atoms with Crippen LogP contribution in [0.3, 0.4) is 0 Å². The number of nitrogens with one attached hydrogen (secondary N) is 1. The number of aromatic nitrogens is 1. The number of pyridine rings is 1. The van der Waals surface area contributed by atoms with Gasteiger partial charge in [0.15, 0.2) is 0 Å². The van der Waals surface area contributed by atoms with Crippen LogP contribution in [0.25, 0.3) is 0 Å². The second kappa shape index (κ2) is 5.79. The van der Waals surface area contributed by atoms with Gasteiger partial charge < -0.3 is 5.32 Å². The molecule has 0 saturated heterocycles. The van der Waals surface area contributed by atoms with Crippen molar-refractivity contribution >= 4 is 0 Å². The molecule has 2 rings (SSSR count). The van der Waals surface area contributed by atoms with Crippen LogP contribution in [0.4, 0.5) is 4.39 Å². The molecule has 1 fully saturated rings. The van der Waals surface area contributed by atoms with Crippen molar-refractivity contribution in [2.75, 3.05) is 7.05 Å². The van der Waals surface area contributed by atoms with E-state index in [4.69, 9.17) is 0 Å². The first-order chi connectivity index (χ1) is 8.61. The van der Waals surface area contributed by atoms with Gasteiger partial charge in [-0.05, 0) is 49.8 Å². The molecule has 1 aromatic rings. The van der Waals surface area contributed by atoms with Gasteiger partial charge in [-0.15, -0.1) is 0 Å². The van der Waals surface area contributed by atoms with Crippen LogP contribution in [0.15, 0.2) is 18.3 Å². The van der Waals surface area contributed by atoms with Crippen LogP contribution >= 0.6 is 0 Å². The maximum absolute atomic E-state index is 12.9. The van der Waals surface area contributed by atoms with E-state index in [1.165, 1.54) is 31.5 Å².